The van der Waals surface area contributed by atoms with Gasteiger partial charge in [-0.15, -0.1) is 0 Å². The molecule has 9 aromatic carbocycles. The first kappa shape index (κ1) is 34.3. The summed E-state index contributed by atoms with van der Waals surface area (Å²) in [6.07, 6.45) is 0. The summed E-state index contributed by atoms with van der Waals surface area (Å²) in [7, 11) is -2.72. The monoisotopic (exact) mass is 785 g/mol. The average molecular weight is 786 g/mol. The predicted molar refractivity (Wildman–Crippen MR) is 253 cm³/mol. The molecule has 3 heterocycles. The molecule has 2 nitrogen and oxygen atoms in total. The van der Waals surface area contributed by atoms with Crippen LogP contribution >= 0.6 is 11.6 Å². The van der Waals surface area contributed by atoms with Crippen LogP contribution in [-0.4, -0.2) is 18.6 Å². The van der Waals surface area contributed by atoms with Gasteiger partial charge in [-0.25, -0.2) is 0 Å². The molecular formula is C54H36BNOSSi. The maximum atomic E-state index is 6.79. The molecule has 0 radical (unpaired) electrons. The second kappa shape index (κ2) is 13.7. The van der Waals surface area contributed by atoms with Gasteiger partial charge in [0.1, 0.15) is 11.5 Å². The third-order valence-electron chi connectivity index (χ3n) is 12.4. The number of hydrogen-bond donors (Lipinski definition) is 0. The highest BCUT2D eigenvalue weighted by atomic mass is 32.2. The zero-order valence-electron chi connectivity index (χ0n) is 32.1. The van der Waals surface area contributed by atoms with Crippen LogP contribution < -0.4 is 36.4 Å². The molecule has 0 amide bonds. The molecule has 2 aliphatic rings. The Morgan fingerprint density at radius 2 is 1.00 bits per heavy atom. The minimum atomic E-state index is -2.72. The zero-order valence-corrected chi connectivity index (χ0v) is 33.9. The van der Waals surface area contributed by atoms with Crippen molar-refractivity contribution in [3.8, 4) is 39.4 Å². The Morgan fingerprint density at radius 1 is 0.424 bits per heavy atom. The third kappa shape index (κ3) is 5.22. The van der Waals surface area contributed by atoms with Crippen molar-refractivity contribution in [2.75, 3.05) is 0 Å². The van der Waals surface area contributed by atoms with Gasteiger partial charge in [0.25, 0.3) is 5.99 Å². The molecular weight excluding hydrogens is 750 g/mol. The number of nitrogens with zero attached hydrogens (tertiary/aromatic N) is 1. The van der Waals surface area contributed by atoms with E-state index in [1.54, 1.807) is 0 Å². The second-order valence-corrected chi connectivity index (χ2v) is 20.5. The summed E-state index contributed by atoms with van der Waals surface area (Å²) >= 11 is 1.97. The predicted octanol–water partition coefficient (Wildman–Crippen LogP) is 9.81. The van der Waals surface area contributed by atoms with Gasteiger partial charge in [-0.1, -0.05) is 182 Å². The summed E-state index contributed by atoms with van der Waals surface area (Å²) in [6, 6.07) is 80.7. The molecule has 10 aromatic rings. The highest BCUT2D eigenvalue weighted by molar-refractivity contribution is 8.28. The van der Waals surface area contributed by atoms with E-state index >= 15 is 0 Å². The molecule has 0 atom stereocenters. The molecule has 0 spiro atoms. The number of fused-ring (bicyclic) bond motifs is 7. The van der Waals surface area contributed by atoms with Crippen LogP contribution in [0.25, 0.3) is 49.7 Å². The van der Waals surface area contributed by atoms with Gasteiger partial charge >= 0.3 is 0 Å². The molecule has 0 unspecified atom stereocenters. The minimum absolute atomic E-state index is 0.0642. The fourth-order valence-corrected chi connectivity index (χ4v) is 16.2. The summed E-state index contributed by atoms with van der Waals surface area (Å²) in [6.45, 7) is 0. The number of hydrogen-bond acceptors (Lipinski definition) is 2. The maximum absolute atomic E-state index is 6.79. The largest absolute Gasteiger partial charge is 0.458 e. The van der Waals surface area contributed by atoms with E-state index in [4.69, 9.17) is 4.74 Å². The van der Waals surface area contributed by atoms with Crippen LogP contribution in [0.4, 0.5) is 0 Å². The molecule has 12 rings (SSSR count). The Balaban J connectivity index is 1.03. The fourth-order valence-electron chi connectivity index (χ4n) is 9.91. The number of benzene rings is 9. The van der Waals surface area contributed by atoms with Crippen LogP contribution in [0.15, 0.2) is 223 Å². The van der Waals surface area contributed by atoms with Gasteiger partial charge in [-0.05, 0) is 84.8 Å². The van der Waals surface area contributed by atoms with E-state index in [9.17, 15) is 0 Å². The number of ether oxygens (including phenoxy) is 1. The van der Waals surface area contributed by atoms with Crippen molar-refractivity contribution in [2.45, 2.75) is 4.90 Å². The molecule has 5 heteroatoms. The Morgan fingerprint density at radius 3 is 1.66 bits per heavy atom. The van der Waals surface area contributed by atoms with Gasteiger partial charge in [-0.2, -0.15) is 11.6 Å². The normalized spacial score (nSPS) is 12.8. The SMILES string of the molecule is c1ccc([Si](c2ccccc2)(c2ccccc2)c2ccc3c(c2)SB2c4cc(-c5ccccc5-n5c6ccccc6c6ccccc65)ccc4Oc4cccc-3c42)cc1. The van der Waals surface area contributed by atoms with Gasteiger partial charge in [0.15, 0.2) is 8.07 Å². The molecule has 0 saturated heterocycles. The van der Waals surface area contributed by atoms with Gasteiger partial charge in [-0.3, -0.25) is 0 Å². The van der Waals surface area contributed by atoms with Crippen LogP contribution in [0.1, 0.15) is 0 Å². The molecule has 0 bridgehead atoms. The summed E-state index contributed by atoms with van der Waals surface area (Å²) in [5.41, 5.74) is 10.9. The Kier molecular flexibility index (Phi) is 7.94. The lowest BCUT2D eigenvalue weighted by molar-refractivity contribution is 0.488. The quantitative estimate of drug-likeness (QED) is 0.123. The van der Waals surface area contributed by atoms with Crippen molar-refractivity contribution in [3.63, 3.8) is 0 Å². The third-order valence-corrected chi connectivity index (χ3v) is 18.5. The Labute approximate surface area is 349 Å². The van der Waals surface area contributed by atoms with E-state index in [1.807, 2.05) is 11.6 Å². The van der Waals surface area contributed by atoms with Crippen LogP contribution in [0.5, 0.6) is 11.5 Å². The molecule has 2 aliphatic heterocycles. The van der Waals surface area contributed by atoms with Crippen LogP contribution in [0, 0.1) is 0 Å². The van der Waals surface area contributed by atoms with E-state index in [0.717, 1.165) is 17.2 Å². The first-order valence-electron chi connectivity index (χ1n) is 20.3. The first-order valence-corrected chi connectivity index (χ1v) is 23.2. The van der Waals surface area contributed by atoms with E-state index in [0.29, 0.717) is 0 Å². The highest BCUT2D eigenvalue weighted by Crippen LogP contribution is 2.44. The van der Waals surface area contributed by atoms with Gasteiger partial charge in [0.2, 0.25) is 0 Å². The maximum Gasteiger partial charge on any atom is 0.289 e. The van der Waals surface area contributed by atoms with Gasteiger partial charge in [0, 0.05) is 21.2 Å². The van der Waals surface area contributed by atoms with Crippen molar-refractivity contribution in [1.82, 2.24) is 4.57 Å². The van der Waals surface area contributed by atoms with E-state index in [-0.39, 0.29) is 5.99 Å². The summed E-state index contributed by atoms with van der Waals surface area (Å²) in [5, 5.41) is 8.04. The lowest BCUT2D eigenvalue weighted by Gasteiger charge is -2.36. The number of rotatable bonds is 6. The minimum Gasteiger partial charge on any atom is -0.458 e. The zero-order chi connectivity index (χ0) is 38.9. The molecule has 0 aliphatic carbocycles. The smallest absolute Gasteiger partial charge is 0.289 e. The molecule has 276 valence electrons. The Bertz CT molecular complexity index is 3090. The van der Waals surface area contributed by atoms with Crippen LogP contribution in [0.2, 0.25) is 0 Å². The van der Waals surface area contributed by atoms with Gasteiger partial charge < -0.3 is 9.30 Å². The van der Waals surface area contributed by atoms with Crippen LogP contribution in [0.3, 0.4) is 0 Å². The molecule has 0 N–H and O–H groups in total. The van der Waals surface area contributed by atoms with Crippen molar-refractivity contribution < 1.29 is 4.74 Å². The molecule has 59 heavy (non-hydrogen) atoms. The molecule has 1 aromatic heterocycles. The number of aromatic nitrogens is 1. The lowest BCUT2D eigenvalue weighted by atomic mass is 9.57. The summed E-state index contributed by atoms with van der Waals surface area (Å²) in [4.78, 5) is 1.31. The van der Waals surface area contributed by atoms with E-state index < -0.39 is 8.07 Å². The van der Waals surface area contributed by atoms with E-state index in [2.05, 4.69) is 223 Å². The molecule has 0 saturated carbocycles. The Hall–Kier alpha value is -6.79. The molecule has 0 fully saturated rings. The number of para-hydroxylation sites is 3. The van der Waals surface area contributed by atoms with E-state index in [1.165, 1.54) is 80.6 Å². The standard InChI is InChI=1S/C54H36BNOSSi/c1-4-17-38(18-5-1)59(39-19-6-2-7-20-39,40-21-8-3-9-22-40)41-32-33-45-46-26-16-30-52-54(46)55(58-53(45)36-41)47-35-37(31-34-51(47)57-52)42-23-10-13-27-48(42)56-49-28-14-11-24-43(49)44-25-12-15-29-50(44)56/h1-36H. The van der Waals surface area contributed by atoms with Crippen molar-refractivity contribution >= 4 is 79.2 Å². The highest BCUT2D eigenvalue weighted by Gasteiger charge is 2.43. The summed E-state index contributed by atoms with van der Waals surface area (Å²) in [5.74, 6) is 1.93. The van der Waals surface area contributed by atoms with Gasteiger partial charge in [0.05, 0.1) is 16.7 Å². The van der Waals surface area contributed by atoms with Crippen molar-refractivity contribution in [3.05, 3.63) is 218 Å². The summed E-state index contributed by atoms with van der Waals surface area (Å²) < 4.78 is 9.22. The topological polar surface area (TPSA) is 14.2 Å². The van der Waals surface area contributed by atoms with Crippen LogP contribution in [-0.2, 0) is 0 Å². The second-order valence-electron chi connectivity index (χ2n) is 15.5. The fraction of sp³-hybridized carbons (Fsp3) is 0. The average Bonchev–Trinajstić information content (AvgIpc) is 3.64. The first-order chi connectivity index (χ1) is 29.3. The lowest BCUT2D eigenvalue weighted by Crippen LogP contribution is -2.74. The van der Waals surface area contributed by atoms with Crippen molar-refractivity contribution in [2.24, 2.45) is 0 Å². The van der Waals surface area contributed by atoms with Crippen molar-refractivity contribution in [1.29, 1.82) is 0 Å².